The standard InChI is InChI=1S/C17H25FN2O2/c1-16(2,3)22-15(21)20-13-7-6-10(18)8-11(13)14-12(9-19)17(14,4)5/h6-8,12,14H,9,19H2,1-5H3,(H,20,21)/t12-,14-/m0/s1. The number of hydrogen-bond donors (Lipinski definition) is 2. The summed E-state index contributed by atoms with van der Waals surface area (Å²) >= 11 is 0. The quantitative estimate of drug-likeness (QED) is 0.891. The van der Waals surface area contributed by atoms with Gasteiger partial charge in [0.15, 0.2) is 0 Å². The van der Waals surface area contributed by atoms with E-state index in [1.807, 2.05) is 0 Å². The molecule has 2 rings (SSSR count). The van der Waals surface area contributed by atoms with Crippen molar-refractivity contribution in [2.45, 2.75) is 46.1 Å². The van der Waals surface area contributed by atoms with Crippen LogP contribution in [0.3, 0.4) is 0 Å². The lowest BCUT2D eigenvalue weighted by Gasteiger charge is -2.20. The van der Waals surface area contributed by atoms with Crippen molar-refractivity contribution in [1.82, 2.24) is 0 Å². The summed E-state index contributed by atoms with van der Waals surface area (Å²) in [5.74, 6) is 0.106. The van der Waals surface area contributed by atoms with Crippen LogP contribution in [0.4, 0.5) is 14.9 Å². The maximum absolute atomic E-state index is 13.7. The summed E-state index contributed by atoms with van der Waals surface area (Å²) in [6, 6.07) is 4.40. The number of nitrogens with two attached hydrogens (primary N) is 1. The molecule has 0 bridgehead atoms. The zero-order chi connectivity index (χ0) is 16.7. The second kappa shape index (κ2) is 5.54. The Labute approximate surface area is 131 Å². The highest BCUT2D eigenvalue weighted by molar-refractivity contribution is 5.86. The van der Waals surface area contributed by atoms with Crippen LogP contribution in [0.1, 0.15) is 46.1 Å². The third-order valence-corrected chi connectivity index (χ3v) is 4.29. The van der Waals surface area contributed by atoms with Crippen LogP contribution in [-0.4, -0.2) is 18.2 Å². The van der Waals surface area contributed by atoms with Crippen LogP contribution in [0.15, 0.2) is 18.2 Å². The number of benzene rings is 1. The molecule has 2 atom stereocenters. The molecule has 22 heavy (non-hydrogen) atoms. The average molecular weight is 308 g/mol. The number of ether oxygens (including phenoxy) is 1. The van der Waals surface area contributed by atoms with Crippen molar-refractivity contribution < 1.29 is 13.9 Å². The Morgan fingerprint density at radius 2 is 2.05 bits per heavy atom. The molecule has 1 aliphatic rings. The van der Waals surface area contributed by atoms with Crippen molar-refractivity contribution in [2.24, 2.45) is 17.1 Å². The molecule has 1 fully saturated rings. The number of carbonyl (C=O) groups excluding carboxylic acids is 1. The van der Waals surface area contributed by atoms with Gasteiger partial charge < -0.3 is 10.5 Å². The van der Waals surface area contributed by atoms with Gasteiger partial charge in [-0.1, -0.05) is 13.8 Å². The van der Waals surface area contributed by atoms with E-state index in [0.29, 0.717) is 12.2 Å². The molecular formula is C17H25FN2O2. The SMILES string of the molecule is CC(C)(C)OC(=O)Nc1ccc(F)cc1[C@H]1[C@H](CN)C1(C)C. The zero-order valence-electron chi connectivity index (χ0n) is 13.9. The van der Waals surface area contributed by atoms with Crippen molar-refractivity contribution in [1.29, 1.82) is 0 Å². The topological polar surface area (TPSA) is 64.3 Å². The maximum Gasteiger partial charge on any atom is 0.412 e. The first-order chi connectivity index (χ1) is 10.1. The lowest BCUT2D eigenvalue weighted by molar-refractivity contribution is 0.0635. The summed E-state index contributed by atoms with van der Waals surface area (Å²) in [6.07, 6.45) is -0.539. The van der Waals surface area contributed by atoms with E-state index in [0.717, 1.165) is 5.56 Å². The molecule has 122 valence electrons. The predicted octanol–water partition coefficient (Wildman–Crippen LogP) is 3.87. The summed E-state index contributed by atoms with van der Waals surface area (Å²) < 4.78 is 18.9. The van der Waals surface area contributed by atoms with E-state index in [9.17, 15) is 9.18 Å². The number of hydrogen-bond acceptors (Lipinski definition) is 3. The molecule has 1 aliphatic carbocycles. The van der Waals surface area contributed by atoms with Crippen molar-refractivity contribution in [3.05, 3.63) is 29.6 Å². The Hall–Kier alpha value is -1.62. The number of anilines is 1. The Morgan fingerprint density at radius 1 is 1.41 bits per heavy atom. The molecule has 4 nitrogen and oxygen atoms in total. The molecule has 0 unspecified atom stereocenters. The molecular weight excluding hydrogens is 283 g/mol. The van der Waals surface area contributed by atoms with Crippen LogP contribution < -0.4 is 11.1 Å². The second-order valence-corrected chi connectivity index (χ2v) is 7.50. The van der Waals surface area contributed by atoms with Gasteiger partial charge in [-0.2, -0.15) is 0 Å². The fraction of sp³-hybridized carbons (Fsp3) is 0.588. The first-order valence-electron chi connectivity index (χ1n) is 7.56. The van der Waals surface area contributed by atoms with Gasteiger partial charge in [-0.3, -0.25) is 5.32 Å². The van der Waals surface area contributed by atoms with E-state index in [-0.39, 0.29) is 23.1 Å². The molecule has 0 aliphatic heterocycles. The van der Waals surface area contributed by atoms with Gasteiger partial charge in [0.05, 0.1) is 0 Å². The van der Waals surface area contributed by atoms with Crippen LogP contribution >= 0.6 is 0 Å². The second-order valence-electron chi connectivity index (χ2n) is 7.50. The van der Waals surface area contributed by atoms with Crippen molar-refractivity contribution in [3.63, 3.8) is 0 Å². The highest BCUT2D eigenvalue weighted by Crippen LogP contribution is 2.65. The van der Waals surface area contributed by atoms with Crippen LogP contribution in [0.5, 0.6) is 0 Å². The highest BCUT2D eigenvalue weighted by Gasteiger charge is 2.58. The van der Waals surface area contributed by atoms with Crippen LogP contribution in [0, 0.1) is 17.2 Å². The number of halogens is 1. The van der Waals surface area contributed by atoms with Gasteiger partial charge in [0.25, 0.3) is 0 Å². The number of nitrogens with one attached hydrogen (secondary N) is 1. The Balaban J connectivity index is 2.25. The zero-order valence-corrected chi connectivity index (χ0v) is 13.9. The van der Waals surface area contributed by atoms with Gasteiger partial charge in [0.2, 0.25) is 0 Å². The molecule has 0 aromatic heterocycles. The van der Waals surface area contributed by atoms with E-state index in [2.05, 4.69) is 19.2 Å². The van der Waals surface area contributed by atoms with E-state index >= 15 is 0 Å². The largest absolute Gasteiger partial charge is 0.444 e. The van der Waals surface area contributed by atoms with Crippen molar-refractivity contribution in [3.8, 4) is 0 Å². The molecule has 0 heterocycles. The summed E-state index contributed by atoms with van der Waals surface area (Å²) in [5.41, 5.74) is 6.60. The van der Waals surface area contributed by atoms with Crippen LogP contribution in [-0.2, 0) is 4.74 Å². The number of amides is 1. The lowest BCUT2D eigenvalue weighted by atomic mass is 10.0. The summed E-state index contributed by atoms with van der Waals surface area (Å²) in [5, 5.41) is 2.73. The van der Waals surface area contributed by atoms with Gasteiger partial charge in [0, 0.05) is 5.69 Å². The summed E-state index contributed by atoms with van der Waals surface area (Å²) in [6.45, 7) is 10.2. The molecule has 0 saturated heterocycles. The molecule has 1 saturated carbocycles. The van der Waals surface area contributed by atoms with Gasteiger partial charge in [-0.15, -0.1) is 0 Å². The van der Waals surface area contributed by atoms with Crippen molar-refractivity contribution in [2.75, 3.05) is 11.9 Å². The molecule has 5 heteroatoms. The van der Waals surface area contributed by atoms with Gasteiger partial charge in [-0.05, 0) is 68.3 Å². The predicted molar refractivity (Wildman–Crippen MR) is 85.3 cm³/mol. The Morgan fingerprint density at radius 3 is 2.55 bits per heavy atom. The maximum atomic E-state index is 13.7. The summed E-state index contributed by atoms with van der Waals surface area (Å²) in [7, 11) is 0. The minimum atomic E-state index is -0.580. The first-order valence-corrected chi connectivity index (χ1v) is 7.56. The smallest absolute Gasteiger partial charge is 0.412 e. The molecule has 0 radical (unpaired) electrons. The first kappa shape index (κ1) is 16.7. The van der Waals surface area contributed by atoms with E-state index in [4.69, 9.17) is 10.5 Å². The normalized spacial score (nSPS) is 23.0. The molecule has 1 amide bonds. The molecule has 3 N–H and O–H groups in total. The Kier molecular flexibility index (Phi) is 4.22. The van der Waals surface area contributed by atoms with E-state index in [1.54, 1.807) is 26.8 Å². The highest BCUT2D eigenvalue weighted by atomic mass is 19.1. The number of carbonyl (C=O) groups is 1. The fourth-order valence-electron chi connectivity index (χ4n) is 3.12. The third-order valence-electron chi connectivity index (χ3n) is 4.29. The average Bonchev–Trinajstić information content (AvgIpc) is 2.90. The van der Waals surface area contributed by atoms with E-state index in [1.165, 1.54) is 12.1 Å². The van der Waals surface area contributed by atoms with Crippen molar-refractivity contribution >= 4 is 11.8 Å². The molecule has 0 spiro atoms. The summed E-state index contributed by atoms with van der Waals surface area (Å²) in [4.78, 5) is 12.0. The minimum Gasteiger partial charge on any atom is -0.444 e. The lowest BCUT2D eigenvalue weighted by Crippen LogP contribution is -2.27. The molecule has 1 aromatic carbocycles. The number of rotatable bonds is 3. The minimum absolute atomic E-state index is 0.00685. The van der Waals surface area contributed by atoms with Crippen LogP contribution in [0.2, 0.25) is 0 Å². The van der Waals surface area contributed by atoms with E-state index < -0.39 is 11.7 Å². The monoisotopic (exact) mass is 308 g/mol. The van der Waals surface area contributed by atoms with Gasteiger partial charge in [-0.25, -0.2) is 9.18 Å². The van der Waals surface area contributed by atoms with Gasteiger partial charge in [0.1, 0.15) is 11.4 Å². The van der Waals surface area contributed by atoms with Gasteiger partial charge >= 0.3 is 6.09 Å². The van der Waals surface area contributed by atoms with Crippen LogP contribution in [0.25, 0.3) is 0 Å². The molecule has 1 aromatic rings. The third kappa shape index (κ3) is 3.40. The Bertz CT molecular complexity index is 579. The fourth-order valence-corrected chi connectivity index (χ4v) is 3.12.